The Kier molecular flexibility index (Phi) is 33.8. The summed E-state index contributed by atoms with van der Waals surface area (Å²) in [6.07, 6.45) is 35.0. The van der Waals surface area contributed by atoms with E-state index >= 15 is 0 Å². The van der Waals surface area contributed by atoms with Gasteiger partial charge < -0.3 is 40.3 Å². The van der Waals surface area contributed by atoms with Crippen LogP contribution in [0.2, 0.25) is 0 Å². The molecule has 1 heterocycles. The fourth-order valence-corrected chi connectivity index (χ4v) is 7.09. The first-order valence-corrected chi connectivity index (χ1v) is 22.6. The summed E-state index contributed by atoms with van der Waals surface area (Å²) in [5, 5.41) is 54.1. The third-order valence-corrected chi connectivity index (χ3v) is 10.8. The molecule has 0 aliphatic carbocycles. The van der Waals surface area contributed by atoms with Crippen LogP contribution >= 0.6 is 0 Å². The van der Waals surface area contributed by atoms with Crippen LogP contribution in [0.5, 0.6) is 0 Å². The van der Waals surface area contributed by atoms with Gasteiger partial charge >= 0.3 is 0 Å². The molecule has 0 aromatic heterocycles. The van der Waals surface area contributed by atoms with Gasteiger partial charge in [-0.3, -0.25) is 4.79 Å². The van der Waals surface area contributed by atoms with Crippen molar-refractivity contribution in [1.29, 1.82) is 0 Å². The van der Waals surface area contributed by atoms with Crippen molar-refractivity contribution in [3.63, 3.8) is 0 Å². The van der Waals surface area contributed by atoms with Crippen LogP contribution in [0.25, 0.3) is 0 Å². The molecule has 318 valence electrons. The highest BCUT2D eigenvalue weighted by atomic mass is 16.7. The van der Waals surface area contributed by atoms with Gasteiger partial charge in [-0.1, -0.05) is 173 Å². The average Bonchev–Trinajstić information content (AvgIpc) is 3.17. The number of aliphatic hydroxyl groups is 5. The molecule has 1 aliphatic heterocycles. The Balaban J connectivity index is 2.36. The number of hydrogen-bond donors (Lipinski definition) is 6. The molecule has 0 aromatic rings. The Labute approximate surface area is 330 Å². The minimum atomic E-state index is -1.56. The Morgan fingerprint density at radius 2 is 1.04 bits per heavy atom. The molecule has 6 N–H and O–H groups in total. The van der Waals surface area contributed by atoms with Crippen molar-refractivity contribution in [2.24, 2.45) is 0 Å². The van der Waals surface area contributed by atoms with Crippen LogP contribution in [0.1, 0.15) is 200 Å². The summed E-state index contributed by atoms with van der Waals surface area (Å²) < 4.78 is 11.2. The Morgan fingerprint density at radius 1 is 0.611 bits per heavy atom. The summed E-state index contributed by atoms with van der Waals surface area (Å²) in [7, 11) is 0. The SMILES string of the molecule is CCCCCCCCC/C=C\CCCCCCCCCC(=O)NC(COC1OC(CO)C(O)C(O)C1O)C(O)/C=C/CCCCCCCCCCCCC. The quantitative estimate of drug-likeness (QED) is 0.0271. The molecule has 7 unspecified atom stereocenters. The number of carbonyl (C=O) groups excluding carboxylic acids is 1. The summed E-state index contributed by atoms with van der Waals surface area (Å²) in [6.45, 7) is 3.76. The molecule has 0 spiro atoms. The van der Waals surface area contributed by atoms with E-state index < -0.39 is 49.5 Å². The van der Waals surface area contributed by atoms with Gasteiger partial charge in [0.15, 0.2) is 6.29 Å². The number of hydrogen-bond acceptors (Lipinski definition) is 8. The number of ether oxygens (including phenoxy) is 2. The first kappa shape index (κ1) is 50.7. The number of carbonyl (C=O) groups is 1. The molecule has 1 fully saturated rings. The maximum absolute atomic E-state index is 12.9. The zero-order valence-corrected chi connectivity index (χ0v) is 34.7. The molecular formula is C45H85NO8. The standard InChI is InChI=1S/C45H85NO8/c1-3-5-7-9-11-13-15-17-18-19-20-21-23-25-27-29-31-33-35-41(49)46-38(37-53-45-44(52)43(51)42(50)40(36-47)54-45)39(48)34-32-30-28-26-24-22-16-14-12-10-8-6-4-2/h18-19,32,34,38-40,42-45,47-48,50-52H,3-17,20-31,33,35-37H2,1-2H3,(H,46,49)/b19-18-,34-32+. The van der Waals surface area contributed by atoms with E-state index in [0.717, 1.165) is 38.5 Å². The summed E-state index contributed by atoms with van der Waals surface area (Å²) in [4.78, 5) is 12.9. The second-order valence-corrected chi connectivity index (χ2v) is 15.8. The van der Waals surface area contributed by atoms with Crippen LogP contribution in [0, 0.1) is 0 Å². The van der Waals surface area contributed by atoms with E-state index in [0.29, 0.717) is 6.42 Å². The van der Waals surface area contributed by atoms with Gasteiger partial charge in [-0.05, 0) is 44.9 Å². The van der Waals surface area contributed by atoms with E-state index in [4.69, 9.17) is 9.47 Å². The molecule has 9 heteroatoms. The lowest BCUT2D eigenvalue weighted by Crippen LogP contribution is -2.60. The van der Waals surface area contributed by atoms with Gasteiger partial charge in [0.2, 0.25) is 5.91 Å². The molecule has 0 radical (unpaired) electrons. The smallest absolute Gasteiger partial charge is 0.220 e. The minimum Gasteiger partial charge on any atom is -0.394 e. The monoisotopic (exact) mass is 768 g/mol. The highest BCUT2D eigenvalue weighted by Crippen LogP contribution is 2.22. The third kappa shape index (κ3) is 26.5. The van der Waals surface area contributed by atoms with Gasteiger partial charge in [-0.2, -0.15) is 0 Å². The van der Waals surface area contributed by atoms with Gasteiger partial charge in [0, 0.05) is 6.42 Å². The van der Waals surface area contributed by atoms with Crippen molar-refractivity contribution in [2.75, 3.05) is 13.2 Å². The van der Waals surface area contributed by atoms with E-state index in [1.807, 2.05) is 6.08 Å². The predicted octanol–water partition coefficient (Wildman–Crippen LogP) is 9.11. The fourth-order valence-electron chi connectivity index (χ4n) is 7.09. The van der Waals surface area contributed by atoms with Crippen LogP contribution in [0.4, 0.5) is 0 Å². The largest absolute Gasteiger partial charge is 0.394 e. The molecule has 0 aromatic carbocycles. The van der Waals surface area contributed by atoms with E-state index in [-0.39, 0.29) is 12.5 Å². The van der Waals surface area contributed by atoms with Crippen molar-refractivity contribution < 1.29 is 39.8 Å². The highest BCUT2D eigenvalue weighted by molar-refractivity contribution is 5.76. The van der Waals surface area contributed by atoms with Crippen molar-refractivity contribution in [3.05, 3.63) is 24.3 Å². The van der Waals surface area contributed by atoms with Crippen LogP contribution in [0.15, 0.2) is 24.3 Å². The van der Waals surface area contributed by atoms with Gasteiger partial charge in [0.1, 0.15) is 24.4 Å². The predicted molar refractivity (Wildman–Crippen MR) is 221 cm³/mol. The number of nitrogens with one attached hydrogen (secondary N) is 1. The molecule has 1 amide bonds. The Bertz CT molecular complexity index is 899. The number of allylic oxidation sites excluding steroid dienone is 3. The number of aliphatic hydroxyl groups excluding tert-OH is 5. The van der Waals surface area contributed by atoms with Gasteiger partial charge in [-0.15, -0.1) is 0 Å². The van der Waals surface area contributed by atoms with Gasteiger partial charge in [0.05, 0.1) is 25.4 Å². The lowest BCUT2D eigenvalue weighted by atomic mass is 9.99. The van der Waals surface area contributed by atoms with Crippen LogP contribution in [-0.2, 0) is 14.3 Å². The van der Waals surface area contributed by atoms with E-state index in [1.54, 1.807) is 6.08 Å². The molecule has 1 saturated heterocycles. The second-order valence-electron chi connectivity index (χ2n) is 15.8. The zero-order valence-electron chi connectivity index (χ0n) is 34.7. The first-order valence-electron chi connectivity index (χ1n) is 22.6. The third-order valence-electron chi connectivity index (χ3n) is 10.8. The second kappa shape index (κ2) is 36.0. The molecule has 1 rings (SSSR count). The number of unbranched alkanes of at least 4 members (excludes halogenated alkanes) is 25. The number of rotatable bonds is 37. The van der Waals surface area contributed by atoms with Crippen LogP contribution in [-0.4, -0.2) is 87.5 Å². The Hall–Kier alpha value is -1.33. The molecule has 7 atom stereocenters. The van der Waals surface area contributed by atoms with Crippen molar-refractivity contribution in [1.82, 2.24) is 5.32 Å². The molecule has 1 aliphatic rings. The summed E-state index contributed by atoms with van der Waals surface area (Å²) in [5.74, 6) is -0.182. The lowest BCUT2D eigenvalue weighted by Gasteiger charge is -2.40. The molecule has 0 bridgehead atoms. The van der Waals surface area contributed by atoms with E-state index in [9.17, 15) is 30.3 Å². The minimum absolute atomic E-state index is 0.182. The summed E-state index contributed by atoms with van der Waals surface area (Å²) in [5.41, 5.74) is 0. The molecule has 9 nitrogen and oxygen atoms in total. The Morgan fingerprint density at radius 3 is 1.50 bits per heavy atom. The summed E-state index contributed by atoms with van der Waals surface area (Å²) in [6, 6.07) is -0.803. The average molecular weight is 768 g/mol. The summed E-state index contributed by atoms with van der Waals surface area (Å²) >= 11 is 0. The topological polar surface area (TPSA) is 149 Å². The van der Waals surface area contributed by atoms with Gasteiger partial charge in [-0.25, -0.2) is 0 Å². The highest BCUT2D eigenvalue weighted by Gasteiger charge is 2.44. The maximum atomic E-state index is 12.9. The van der Waals surface area contributed by atoms with Crippen molar-refractivity contribution >= 4 is 5.91 Å². The van der Waals surface area contributed by atoms with Crippen LogP contribution < -0.4 is 5.32 Å². The van der Waals surface area contributed by atoms with E-state index in [1.165, 1.54) is 141 Å². The van der Waals surface area contributed by atoms with Crippen molar-refractivity contribution in [2.45, 2.75) is 243 Å². The molecular weight excluding hydrogens is 682 g/mol. The normalized spacial score (nSPS) is 21.6. The van der Waals surface area contributed by atoms with E-state index in [2.05, 4.69) is 31.3 Å². The maximum Gasteiger partial charge on any atom is 0.220 e. The lowest BCUT2D eigenvalue weighted by molar-refractivity contribution is -0.302. The zero-order chi connectivity index (χ0) is 39.5. The first-order chi connectivity index (χ1) is 26.3. The van der Waals surface area contributed by atoms with Crippen LogP contribution in [0.3, 0.4) is 0 Å². The number of amides is 1. The van der Waals surface area contributed by atoms with Gasteiger partial charge in [0.25, 0.3) is 0 Å². The fraction of sp³-hybridized carbons (Fsp3) is 0.889. The molecule has 54 heavy (non-hydrogen) atoms. The van der Waals surface area contributed by atoms with Crippen molar-refractivity contribution in [3.8, 4) is 0 Å². The molecule has 0 saturated carbocycles.